The molecule has 35 heavy (non-hydrogen) atoms. The molecule has 0 unspecified atom stereocenters. The van der Waals surface area contributed by atoms with Crippen LogP contribution in [0.4, 0.5) is 5.69 Å². The Morgan fingerprint density at radius 3 is 2.43 bits per heavy atom. The molecule has 0 spiro atoms. The molecule has 0 bridgehead atoms. The van der Waals surface area contributed by atoms with Gasteiger partial charge in [0.25, 0.3) is 5.91 Å². The van der Waals surface area contributed by atoms with E-state index in [0.717, 1.165) is 43.6 Å². The number of rotatable bonds is 8. The minimum Gasteiger partial charge on any atom is -0.497 e. The zero-order chi connectivity index (χ0) is 25.2. The van der Waals surface area contributed by atoms with E-state index in [1.807, 2.05) is 30.3 Å². The van der Waals surface area contributed by atoms with Gasteiger partial charge < -0.3 is 14.5 Å². The fourth-order valence-electron chi connectivity index (χ4n) is 4.98. The zero-order valence-corrected chi connectivity index (χ0v) is 22.2. The van der Waals surface area contributed by atoms with Crippen molar-refractivity contribution in [2.24, 2.45) is 11.8 Å². The quantitative estimate of drug-likeness (QED) is 0.524. The lowest BCUT2D eigenvalue weighted by atomic mass is 9.84. The van der Waals surface area contributed by atoms with Crippen LogP contribution in [0.1, 0.15) is 35.2 Å². The Balaban J connectivity index is 1.24. The SMILES string of the molecule is COc1cccc(CS(=O)(=O)N2CC(CC3CCN(c4ccc(C(=O)N(C)C)c(Cl)c4)CC3)C2)c1. The van der Waals surface area contributed by atoms with Crippen LogP contribution in [-0.4, -0.2) is 70.9 Å². The van der Waals surface area contributed by atoms with Gasteiger partial charge in [-0.05, 0) is 67.0 Å². The molecule has 4 rings (SSSR count). The third-order valence-electron chi connectivity index (χ3n) is 7.04. The number of piperidine rings is 1. The van der Waals surface area contributed by atoms with E-state index in [4.69, 9.17) is 16.3 Å². The standard InChI is InChI=1S/C26H34ClN3O4S/c1-28(2)26(31)24-8-7-22(15-25(24)27)29-11-9-19(10-12-29)13-21-16-30(17-21)35(32,33)18-20-5-4-6-23(14-20)34-3/h4-8,14-15,19,21H,9-13,16-18H2,1-3H3. The Morgan fingerprint density at radius 2 is 1.80 bits per heavy atom. The predicted octanol–water partition coefficient (Wildman–Crippen LogP) is 4.12. The second-order valence-corrected chi connectivity index (χ2v) is 12.2. The molecule has 0 saturated carbocycles. The number of hydrogen-bond donors (Lipinski definition) is 0. The molecule has 190 valence electrons. The first-order chi connectivity index (χ1) is 16.7. The second-order valence-electron chi connectivity index (χ2n) is 9.82. The number of sulfonamides is 1. The molecule has 0 atom stereocenters. The molecule has 1 amide bonds. The van der Waals surface area contributed by atoms with Gasteiger partial charge in [-0.3, -0.25) is 4.79 Å². The van der Waals surface area contributed by atoms with E-state index < -0.39 is 10.0 Å². The molecule has 2 aliphatic rings. The summed E-state index contributed by atoms with van der Waals surface area (Å²) in [6.07, 6.45) is 3.21. The molecule has 2 aromatic carbocycles. The number of methoxy groups -OCH3 is 1. The van der Waals surface area contributed by atoms with Gasteiger partial charge in [0.2, 0.25) is 10.0 Å². The van der Waals surface area contributed by atoms with Crippen molar-refractivity contribution in [2.45, 2.75) is 25.0 Å². The molecule has 2 aliphatic heterocycles. The number of amides is 1. The number of halogens is 1. The summed E-state index contributed by atoms with van der Waals surface area (Å²) in [4.78, 5) is 16.1. The summed E-state index contributed by atoms with van der Waals surface area (Å²) in [5, 5.41) is 0.480. The maximum absolute atomic E-state index is 12.8. The summed E-state index contributed by atoms with van der Waals surface area (Å²) in [6, 6.07) is 12.9. The summed E-state index contributed by atoms with van der Waals surface area (Å²) >= 11 is 6.39. The van der Waals surface area contributed by atoms with Crippen LogP contribution in [0, 0.1) is 11.8 Å². The molecule has 2 aromatic rings. The molecule has 9 heteroatoms. The molecule has 2 heterocycles. The lowest BCUT2D eigenvalue weighted by Crippen LogP contribution is -2.51. The van der Waals surface area contributed by atoms with Crippen LogP contribution >= 0.6 is 11.6 Å². The van der Waals surface area contributed by atoms with Crippen molar-refractivity contribution >= 4 is 33.2 Å². The van der Waals surface area contributed by atoms with Crippen LogP contribution in [0.15, 0.2) is 42.5 Å². The average Bonchev–Trinajstić information content (AvgIpc) is 2.80. The first-order valence-corrected chi connectivity index (χ1v) is 14.0. The van der Waals surface area contributed by atoms with Gasteiger partial charge in [0.05, 0.1) is 23.4 Å². The van der Waals surface area contributed by atoms with E-state index in [-0.39, 0.29) is 11.7 Å². The normalized spacial score (nSPS) is 17.8. The van der Waals surface area contributed by atoms with Crippen LogP contribution in [-0.2, 0) is 15.8 Å². The largest absolute Gasteiger partial charge is 0.497 e. The first-order valence-electron chi connectivity index (χ1n) is 12.0. The fraction of sp³-hybridized carbons (Fsp3) is 0.500. The Morgan fingerprint density at radius 1 is 1.09 bits per heavy atom. The van der Waals surface area contributed by atoms with Crippen LogP contribution in [0.25, 0.3) is 0 Å². The van der Waals surface area contributed by atoms with E-state index in [0.29, 0.717) is 41.3 Å². The predicted molar refractivity (Wildman–Crippen MR) is 140 cm³/mol. The van der Waals surface area contributed by atoms with Crippen molar-refractivity contribution in [1.29, 1.82) is 0 Å². The molecule has 2 fully saturated rings. The van der Waals surface area contributed by atoms with Crippen LogP contribution < -0.4 is 9.64 Å². The molecule has 0 aromatic heterocycles. The lowest BCUT2D eigenvalue weighted by molar-refractivity contribution is 0.0828. The molecular formula is C26H34ClN3O4S. The highest BCUT2D eigenvalue weighted by Gasteiger charge is 2.37. The first kappa shape index (κ1) is 25.8. The highest BCUT2D eigenvalue weighted by Crippen LogP contribution is 2.34. The van der Waals surface area contributed by atoms with Crippen LogP contribution in [0.3, 0.4) is 0 Å². The van der Waals surface area contributed by atoms with Crippen molar-refractivity contribution < 1.29 is 17.9 Å². The van der Waals surface area contributed by atoms with E-state index in [2.05, 4.69) is 4.90 Å². The van der Waals surface area contributed by atoms with Gasteiger partial charge in [-0.2, -0.15) is 0 Å². The maximum Gasteiger partial charge on any atom is 0.254 e. The number of nitrogens with zero attached hydrogens (tertiary/aromatic N) is 3. The Hall–Kier alpha value is -2.29. The lowest BCUT2D eigenvalue weighted by Gasteiger charge is -2.41. The van der Waals surface area contributed by atoms with Gasteiger partial charge >= 0.3 is 0 Å². The molecule has 7 nitrogen and oxygen atoms in total. The number of carbonyl (C=O) groups is 1. The Bertz CT molecular complexity index is 1160. The number of ether oxygens (including phenoxy) is 1. The molecule has 2 saturated heterocycles. The molecule has 0 N–H and O–H groups in total. The average molecular weight is 520 g/mol. The fourth-order valence-corrected chi connectivity index (χ4v) is 6.89. The molecule has 0 aliphatic carbocycles. The summed E-state index contributed by atoms with van der Waals surface area (Å²) in [5.41, 5.74) is 2.31. The highest BCUT2D eigenvalue weighted by atomic mass is 35.5. The van der Waals surface area contributed by atoms with E-state index >= 15 is 0 Å². The minimum atomic E-state index is -3.31. The van der Waals surface area contributed by atoms with Gasteiger partial charge in [0.1, 0.15) is 5.75 Å². The van der Waals surface area contributed by atoms with Crippen molar-refractivity contribution in [3.63, 3.8) is 0 Å². The van der Waals surface area contributed by atoms with Crippen molar-refractivity contribution in [1.82, 2.24) is 9.21 Å². The number of benzene rings is 2. The van der Waals surface area contributed by atoms with Crippen LogP contribution in [0.2, 0.25) is 5.02 Å². The van der Waals surface area contributed by atoms with E-state index in [9.17, 15) is 13.2 Å². The molecular weight excluding hydrogens is 486 g/mol. The van der Waals surface area contributed by atoms with E-state index in [1.54, 1.807) is 37.6 Å². The smallest absolute Gasteiger partial charge is 0.254 e. The molecule has 0 radical (unpaired) electrons. The number of anilines is 1. The summed E-state index contributed by atoms with van der Waals surface area (Å²) in [7, 11) is 1.71. The summed E-state index contributed by atoms with van der Waals surface area (Å²) in [6.45, 7) is 3.10. The monoisotopic (exact) mass is 519 g/mol. The van der Waals surface area contributed by atoms with Gasteiger partial charge in [0, 0.05) is 46.0 Å². The third kappa shape index (κ3) is 6.11. The van der Waals surface area contributed by atoms with Crippen molar-refractivity contribution in [2.75, 3.05) is 52.3 Å². The van der Waals surface area contributed by atoms with Gasteiger partial charge in [-0.25, -0.2) is 12.7 Å². The highest BCUT2D eigenvalue weighted by molar-refractivity contribution is 7.88. The van der Waals surface area contributed by atoms with Gasteiger partial charge in [0.15, 0.2) is 0 Å². The number of hydrogen-bond acceptors (Lipinski definition) is 5. The summed E-state index contributed by atoms with van der Waals surface area (Å²) in [5.74, 6) is 1.62. The zero-order valence-electron chi connectivity index (χ0n) is 20.6. The Labute approximate surface area is 213 Å². The van der Waals surface area contributed by atoms with Crippen LogP contribution in [0.5, 0.6) is 5.75 Å². The number of carbonyl (C=O) groups excluding carboxylic acids is 1. The Kier molecular flexibility index (Phi) is 7.93. The third-order valence-corrected chi connectivity index (χ3v) is 9.13. The summed E-state index contributed by atoms with van der Waals surface area (Å²) < 4.78 is 32.4. The topological polar surface area (TPSA) is 70.2 Å². The maximum atomic E-state index is 12.8. The van der Waals surface area contributed by atoms with Crippen molar-refractivity contribution in [3.8, 4) is 5.75 Å². The minimum absolute atomic E-state index is 0.0107. The second kappa shape index (κ2) is 10.8. The van der Waals surface area contributed by atoms with E-state index in [1.165, 1.54) is 4.90 Å². The van der Waals surface area contributed by atoms with Crippen molar-refractivity contribution in [3.05, 3.63) is 58.6 Å². The van der Waals surface area contributed by atoms with Gasteiger partial charge in [-0.1, -0.05) is 23.7 Å². The van der Waals surface area contributed by atoms with Gasteiger partial charge in [-0.15, -0.1) is 0 Å².